The Morgan fingerprint density at radius 2 is 2.20 bits per heavy atom. The van der Waals surface area contributed by atoms with Crippen LogP contribution in [0.4, 0.5) is 5.13 Å². The van der Waals surface area contributed by atoms with Crippen molar-refractivity contribution in [2.75, 3.05) is 18.6 Å². The third-order valence-electron chi connectivity index (χ3n) is 4.10. The van der Waals surface area contributed by atoms with Gasteiger partial charge in [0.2, 0.25) is 5.91 Å². The Bertz CT molecular complexity index is 1020. The van der Waals surface area contributed by atoms with Crippen LogP contribution in [0.2, 0.25) is 0 Å². The number of nitrogens with two attached hydrogens (primary N) is 2. The van der Waals surface area contributed by atoms with Gasteiger partial charge in [-0.3, -0.25) is 19.3 Å². The molecule has 14 heteroatoms. The van der Waals surface area contributed by atoms with Crippen molar-refractivity contribution in [3.63, 3.8) is 0 Å². The fourth-order valence-electron chi connectivity index (χ4n) is 2.86. The van der Waals surface area contributed by atoms with Crippen LogP contribution in [0, 0.1) is 0 Å². The van der Waals surface area contributed by atoms with Gasteiger partial charge in [0.05, 0.1) is 0 Å². The van der Waals surface area contributed by atoms with Crippen molar-refractivity contribution < 1.29 is 29.1 Å². The lowest BCUT2D eigenvalue weighted by Crippen LogP contribution is -2.71. The highest BCUT2D eigenvalue weighted by molar-refractivity contribution is 8.00. The molecular weight excluding hydrogens is 436 g/mol. The Morgan fingerprint density at radius 1 is 1.47 bits per heavy atom. The number of fused-ring (bicyclic) bond motifs is 1. The number of carbonyl (C=O) groups is 4. The number of rotatable bonds is 7. The lowest BCUT2D eigenvalue weighted by molar-refractivity contribution is -0.150. The zero-order chi connectivity index (χ0) is 22.0. The fourth-order valence-corrected chi connectivity index (χ4v) is 4.72. The lowest BCUT2D eigenvalue weighted by Gasteiger charge is -2.49. The smallest absolute Gasteiger partial charge is 0.352 e. The molecule has 0 aromatic carbocycles. The average molecular weight is 452 g/mol. The fraction of sp³-hybridized carbons (Fsp3) is 0.250. The van der Waals surface area contributed by atoms with E-state index < -0.39 is 35.1 Å². The Morgan fingerprint density at radius 3 is 2.77 bits per heavy atom. The SMILES string of the molecule is CON=C(C(=O)N[C@@H]1C(=O)N2C(C(=O)O)=C(/C=C\C(N)=O)CS[C@H]12)c1csc(N)n1. The molecule has 2 atom stereocenters. The number of hydrogen-bond acceptors (Lipinski definition) is 10. The van der Waals surface area contributed by atoms with Crippen molar-refractivity contribution in [2.24, 2.45) is 10.9 Å². The number of aliphatic carboxylic acids is 1. The quantitative estimate of drug-likeness (QED) is 0.171. The molecule has 158 valence electrons. The summed E-state index contributed by atoms with van der Waals surface area (Å²) >= 11 is 2.34. The number of thioether (sulfide) groups is 1. The first kappa shape index (κ1) is 21.3. The van der Waals surface area contributed by atoms with Gasteiger partial charge < -0.3 is 26.7 Å². The van der Waals surface area contributed by atoms with Gasteiger partial charge in [0, 0.05) is 17.2 Å². The van der Waals surface area contributed by atoms with Gasteiger partial charge >= 0.3 is 5.97 Å². The van der Waals surface area contributed by atoms with Crippen molar-refractivity contribution in [3.8, 4) is 0 Å². The van der Waals surface area contributed by atoms with E-state index >= 15 is 0 Å². The predicted octanol–water partition coefficient (Wildman–Crippen LogP) is -1.14. The van der Waals surface area contributed by atoms with E-state index in [4.69, 9.17) is 11.5 Å². The molecule has 2 aliphatic rings. The number of hydrogen-bond donors (Lipinski definition) is 4. The number of nitrogens with zero attached hydrogens (tertiary/aromatic N) is 3. The van der Waals surface area contributed by atoms with Crippen LogP contribution in [0.5, 0.6) is 0 Å². The first-order valence-corrected chi connectivity index (χ1v) is 10.2. The van der Waals surface area contributed by atoms with E-state index in [2.05, 4.69) is 20.3 Å². The number of carboxylic acid groups (broad SMARTS) is 1. The second-order valence-corrected chi connectivity index (χ2v) is 7.96. The molecule has 6 N–H and O–H groups in total. The van der Waals surface area contributed by atoms with Crippen LogP contribution in [0.25, 0.3) is 0 Å². The standard InChI is InChI=1S/C16H16N6O6S2/c1-28-21-9(7-5-30-16(18)19-7)12(24)20-10-13(25)22-11(15(26)27)6(2-3-8(17)23)4-29-14(10)22/h2-3,5,10,14H,4H2,1H3,(H2,17,23)(H2,18,19)(H,20,24)(H,26,27)/b3-2-,21-9?/t10-,14-/m1/s1. The molecule has 2 aliphatic heterocycles. The Balaban J connectivity index is 1.81. The number of oxime groups is 1. The number of primary amides is 1. The second kappa shape index (κ2) is 8.54. The van der Waals surface area contributed by atoms with Gasteiger partial charge in [0.15, 0.2) is 10.8 Å². The van der Waals surface area contributed by atoms with Gasteiger partial charge in [-0.05, 0) is 5.57 Å². The molecule has 0 radical (unpaired) electrons. The summed E-state index contributed by atoms with van der Waals surface area (Å²) in [6.45, 7) is 0. The molecule has 0 aliphatic carbocycles. The van der Waals surface area contributed by atoms with E-state index in [0.717, 1.165) is 22.3 Å². The highest BCUT2D eigenvalue weighted by Crippen LogP contribution is 2.40. The number of anilines is 1. The minimum Gasteiger partial charge on any atom is -0.477 e. The third kappa shape index (κ3) is 3.99. The van der Waals surface area contributed by atoms with Crippen molar-refractivity contribution in [1.82, 2.24) is 15.2 Å². The largest absolute Gasteiger partial charge is 0.477 e. The van der Waals surface area contributed by atoms with Crippen molar-refractivity contribution in [3.05, 3.63) is 34.5 Å². The number of amides is 3. The molecule has 3 heterocycles. The highest BCUT2D eigenvalue weighted by Gasteiger charge is 2.54. The number of nitrogen functional groups attached to an aromatic ring is 1. The molecule has 0 bridgehead atoms. The minimum absolute atomic E-state index is 0.170. The Kier molecular flexibility index (Phi) is 6.07. The van der Waals surface area contributed by atoms with Crippen LogP contribution in [0.15, 0.2) is 34.0 Å². The maximum atomic E-state index is 12.7. The normalized spacial score (nSPS) is 21.3. The molecule has 1 aromatic rings. The molecule has 0 unspecified atom stereocenters. The van der Waals surface area contributed by atoms with Crippen LogP contribution >= 0.6 is 23.1 Å². The van der Waals surface area contributed by atoms with Gasteiger partial charge in [0.25, 0.3) is 11.8 Å². The third-order valence-corrected chi connectivity index (χ3v) is 6.07. The summed E-state index contributed by atoms with van der Waals surface area (Å²) < 4.78 is 0. The molecule has 1 aromatic heterocycles. The monoisotopic (exact) mass is 452 g/mol. The number of carboxylic acids is 1. The van der Waals surface area contributed by atoms with E-state index in [9.17, 15) is 24.3 Å². The van der Waals surface area contributed by atoms with E-state index in [1.54, 1.807) is 0 Å². The topological polar surface area (TPSA) is 190 Å². The molecule has 1 saturated heterocycles. The number of allylic oxidation sites excluding steroid dienone is 1. The Hall–Kier alpha value is -3.39. The molecule has 3 rings (SSSR count). The van der Waals surface area contributed by atoms with Crippen LogP contribution in [0.1, 0.15) is 5.69 Å². The Labute approximate surface area is 177 Å². The average Bonchev–Trinajstić information content (AvgIpc) is 3.13. The molecular formula is C16H16N6O6S2. The molecule has 1 fully saturated rings. The zero-order valence-electron chi connectivity index (χ0n) is 15.4. The maximum Gasteiger partial charge on any atom is 0.352 e. The lowest BCUT2D eigenvalue weighted by atomic mass is 10.0. The second-order valence-electron chi connectivity index (χ2n) is 5.97. The summed E-state index contributed by atoms with van der Waals surface area (Å²) in [7, 11) is 1.25. The van der Waals surface area contributed by atoms with Gasteiger partial charge in [-0.2, -0.15) is 0 Å². The number of thiazole rings is 1. The van der Waals surface area contributed by atoms with Crippen molar-refractivity contribution in [2.45, 2.75) is 11.4 Å². The van der Waals surface area contributed by atoms with Crippen LogP contribution in [-0.2, 0) is 24.0 Å². The molecule has 0 spiro atoms. The highest BCUT2D eigenvalue weighted by atomic mass is 32.2. The van der Waals surface area contributed by atoms with E-state index in [0.29, 0.717) is 0 Å². The number of carbonyl (C=O) groups excluding carboxylic acids is 3. The van der Waals surface area contributed by atoms with E-state index in [-0.39, 0.29) is 33.6 Å². The summed E-state index contributed by atoms with van der Waals surface area (Å²) in [5.74, 6) is -3.21. The van der Waals surface area contributed by atoms with Gasteiger partial charge in [-0.15, -0.1) is 23.1 Å². The summed E-state index contributed by atoms with van der Waals surface area (Å²) in [5.41, 5.74) is 10.6. The first-order chi connectivity index (χ1) is 14.2. The van der Waals surface area contributed by atoms with E-state index in [1.165, 1.54) is 30.3 Å². The molecule has 3 amide bonds. The number of aromatic nitrogens is 1. The van der Waals surface area contributed by atoms with Crippen LogP contribution in [0.3, 0.4) is 0 Å². The van der Waals surface area contributed by atoms with E-state index in [1.807, 2.05) is 0 Å². The first-order valence-electron chi connectivity index (χ1n) is 8.26. The van der Waals surface area contributed by atoms with Crippen LogP contribution in [-0.4, -0.2) is 68.7 Å². The van der Waals surface area contributed by atoms with Crippen molar-refractivity contribution >= 4 is 57.6 Å². The molecule has 12 nitrogen and oxygen atoms in total. The predicted molar refractivity (Wildman–Crippen MR) is 108 cm³/mol. The van der Waals surface area contributed by atoms with Gasteiger partial charge in [-0.1, -0.05) is 11.2 Å². The zero-order valence-corrected chi connectivity index (χ0v) is 17.0. The molecule has 30 heavy (non-hydrogen) atoms. The van der Waals surface area contributed by atoms with Crippen LogP contribution < -0.4 is 16.8 Å². The summed E-state index contributed by atoms with van der Waals surface area (Å²) in [4.78, 5) is 57.7. The van der Waals surface area contributed by atoms with Gasteiger partial charge in [-0.25, -0.2) is 9.78 Å². The molecule has 0 saturated carbocycles. The van der Waals surface area contributed by atoms with Crippen molar-refractivity contribution in [1.29, 1.82) is 0 Å². The number of nitrogens with one attached hydrogen (secondary N) is 1. The summed E-state index contributed by atoms with van der Waals surface area (Å²) in [6.07, 6.45) is 2.29. The van der Waals surface area contributed by atoms with Gasteiger partial charge in [0.1, 0.15) is 29.9 Å². The summed E-state index contributed by atoms with van der Waals surface area (Å²) in [6, 6.07) is -0.975. The summed E-state index contributed by atoms with van der Waals surface area (Å²) in [5, 5.41) is 16.8. The minimum atomic E-state index is -1.33. The maximum absolute atomic E-state index is 12.7. The number of β-lactam (4-membered cyclic amide) rings is 1.